The minimum atomic E-state index is -0.290. The number of aromatic nitrogens is 4. The van der Waals surface area contributed by atoms with E-state index in [2.05, 4.69) is 43.5 Å². The molecule has 5 aromatic rings. The maximum atomic E-state index is 12.9. The van der Waals surface area contributed by atoms with Crippen molar-refractivity contribution in [2.24, 2.45) is 0 Å². The molecule has 4 heterocycles. The number of piperidine rings is 1. The number of nitrogens with one attached hydrogen (secondary N) is 3. The van der Waals surface area contributed by atoms with E-state index in [9.17, 15) is 9.59 Å². The second-order valence-electron chi connectivity index (χ2n) is 9.94. The number of anilines is 1. The number of aromatic amines is 2. The highest BCUT2D eigenvalue weighted by Crippen LogP contribution is 2.25. The number of nitrogens with zero attached hydrogens (tertiary/aromatic N) is 3. The lowest BCUT2D eigenvalue weighted by Crippen LogP contribution is -2.28. The summed E-state index contributed by atoms with van der Waals surface area (Å²) in [7, 11) is 0. The van der Waals surface area contributed by atoms with E-state index in [0.717, 1.165) is 36.1 Å². The molecule has 8 heteroatoms. The van der Waals surface area contributed by atoms with Crippen molar-refractivity contribution in [3.05, 3.63) is 106 Å². The van der Waals surface area contributed by atoms with Gasteiger partial charge in [0.05, 0.1) is 35.2 Å². The van der Waals surface area contributed by atoms with Gasteiger partial charge in [0.1, 0.15) is 0 Å². The third-order valence-electron chi connectivity index (χ3n) is 7.07. The van der Waals surface area contributed by atoms with Crippen LogP contribution in [0.15, 0.2) is 84.0 Å². The molecule has 1 saturated heterocycles. The molecule has 0 spiro atoms. The van der Waals surface area contributed by atoms with Gasteiger partial charge in [-0.1, -0.05) is 42.8 Å². The first-order valence-electron chi connectivity index (χ1n) is 13.1. The Bertz CT molecular complexity index is 1630. The zero-order chi connectivity index (χ0) is 25.9. The molecule has 6 rings (SSSR count). The Labute approximate surface area is 220 Å². The summed E-state index contributed by atoms with van der Waals surface area (Å²) in [6.45, 7) is 3.83. The molecule has 1 aliphatic rings. The summed E-state index contributed by atoms with van der Waals surface area (Å²) in [5, 5.41) is 8.25. The van der Waals surface area contributed by atoms with Crippen LogP contribution >= 0.6 is 0 Å². The number of H-pyrrole nitrogens is 2. The average molecular weight is 507 g/mol. The first-order chi connectivity index (χ1) is 18.6. The van der Waals surface area contributed by atoms with E-state index >= 15 is 0 Å². The van der Waals surface area contributed by atoms with Crippen LogP contribution in [-0.2, 0) is 13.1 Å². The molecule has 3 aromatic heterocycles. The number of hydrogen-bond acceptors (Lipinski definition) is 4. The summed E-state index contributed by atoms with van der Waals surface area (Å²) in [6.07, 6.45) is 8.63. The van der Waals surface area contributed by atoms with Crippen LogP contribution in [0.1, 0.15) is 40.7 Å². The Morgan fingerprint density at radius 1 is 0.947 bits per heavy atom. The van der Waals surface area contributed by atoms with Gasteiger partial charge in [-0.3, -0.25) is 19.2 Å². The van der Waals surface area contributed by atoms with Crippen LogP contribution in [0, 0.1) is 0 Å². The number of pyridine rings is 1. The molecule has 1 amide bonds. The number of fused-ring (bicyclic) bond motifs is 1. The quantitative estimate of drug-likeness (QED) is 0.289. The highest BCUT2D eigenvalue weighted by atomic mass is 16.1. The van der Waals surface area contributed by atoms with Crippen LogP contribution < -0.4 is 10.9 Å². The van der Waals surface area contributed by atoms with Crippen molar-refractivity contribution in [3.63, 3.8) is 0 Å². The van der Waals surface area contributed by atoms with E-state index < -0.39 is 0 Å². The molecule has 0 saturated carbocycles. The Balaban J connectivity index is 1.18. The van der Waals surface area contributed by atoms with E-state index in [0.29, 0.717) is 29.1 Å². The van der Waals surface area contributed by atoms with E-state index in [1.165, 1.54) is 31.0 Å². The minimum absolute atomic E-state index is 0.223. The van der Waals surface area contributed by atoms with Gasteiger partial charge in [0.25, 0.3) is 11.5 Å². The minimum Gasteiger partial charge on any atom is -0.354 e. The zero-order valence-electron chi connectivity index (χ0n) is 21.1. The van der Waals surface area contributed by atoms with Crippen molar-refractivity contribution in [2.75, 3.05) is 18.4 Å². The summed E-state index contributed by atoms with van der Waals surface area (Å²) >= 11 is 0. The van der Waals surface area contributed by atoms with Gasteiger partial charge in [-0.2, -0.15) is 5.10 Å². The van der Waals surface area contributed by atoms with Crippen LogP contribution in [0.4, 0.5) is 5.69 Å². The maximum Gasteiger partial charge on any atom is 0.258 e. The molecule has 0 aliphatic carbocycles. The number of hydrogen-bond donors (Lipinski definition) is 3. The Hall–Kier alpha value is -4.43. The number of likely N-dealkylation sites (tertiary alicyclic amines) is 1. The molecule has 1 aliphatic heterocycles. The summed E-state index contributed by atoms with van der Waals surface area (Å²) in [4.78, 5) is 34.2. The summed E-state index contributed by atoms with van der Waals surface area (Å²) in [5.41, 5.74) is 5.25. The first-order valence-corrected chi connectivity index (χ1v) is 13.1. The van der Waals surface area contributed by atoms with Gasteiger partial charge < -0.3 is 15.3 Å². The van der Waals surface area contributed by atoms with Crippen LogP contribution in [-0.4, -0.2) is 43.6 Å². The lowest BCUT2D eigenvalue weighted by atomic mass is 10.1. The van der Waals surface area contributed by atoms with E-state index in [4.69, 9.17) is 0 Å². The summed E-state index contributed by atoms with van der Waals surface area (Å²) in [6, 6.07) is 20.1. The fraction of sp³-hybridized carbons (Fsp3) is 0.233. The van der Waals surface area contributed by atoms with Crippen LogP contribution in [0.2, 0.25) is 0 Å². The molecule has 0 atom stereocenters. The van der Waals surface area contributed by atoms with E-state index in [1.807, 2.05) is 36.4 Å². The highest BCUT2D eigenvalue weighted by Gasteiger charge is 2.14. The zero-order valence-corrected chi connectivity index (χ0v) is 21.1. The number of carbonyl (C=O) groups is 1. The molecule has 38 heavy (non-hydrogen) atoms. The SMILES string of the molecule is O=C(Nc1c[nH]c(=O)c(-c2cc3cc(CN4CCCCC4)ccc3[nH]2)c1)c1cnn(Cc2ccccc2)c1. The fourth-order valence-corrected chi connectivity index (χ4v) is 5.10. The first kappa shape index (κ1) is 23.9. The van der Waals surface area contributed by atoms with Crippen molar-refractivity contribution >= 4 is 22.5 Å². The smallest absolute Gasteiger partial charge is 0.258 e. The maximum absolute atomic E-state index is 12.9. The molecule has 192 valence electrons. The lowest BCUT2D eigenvalue weighted by molar-refractivity contribution is 0.102. The third-order valence-corrected chi connectivity index (χ3v) is 7.07. The highest BCUT2D eigenvalue weighted by molar-refractivity contribution is 6.04. The molecule has 1 fully saturated rings. The predicted molar refractivity (Wildman–Crippen MR) is 149 cm³/mol. The van der Waals surface area contributed by atoms with E-state index in [-0.39, 0.29) is 11.5 Å². The van der Waals surface area contributed by atoms with Gasteiger partial charge in [-0.05, 0) is 61.3 Å². The average Bonchev–Trinajstić information content (AvgIpc) is 3.58. The number of carbonyl (C=O) groups excluding carboxylic acids is 1. The Morgan fingerprint density at radius 2 is 1.79 bits per heavy atom. The molecule has 3 N–H and O–H groups in total. The second kappa shape index (κ2) is 10.5. The van der Waals surface area contributed by atoms with Crippen LogP contribution in [0.5, 0.6) is 0 Å². The topological polar surface area (TPSA) is 98.8 Å². The molecule has 8 nitrogen and oxygen atoms in total. The van der Waals surface area contributed by atoms with Crippen molar-refractivity contribution in [3.8, 4) is 11.3 Å². The third kappa shape index (κ3) is 5.31. The van der Waals surface area contributed by atoms with Crippen LogP contribution in [0.3, 0.4) is 0 Å². The Kier molecular flexibility index (Phi) is 6.62. The van der Waals surface area contributed by atoms with Gasteiger partial charge in [-0.15, -0.1) is 0 Å². The van der Waals surface area contributed by atoms with Crippen molar-refractivity contribution in [1.29, 1.82) is 0 Å². The molecule has 0 unspecified atom stereocenters. The molecule has 0 bridgehead atoms. The van der Waals surface area contributed by atoms with Gasteiger partial charge >= 0.3 is 0 Å². The van der Waals surface area contributed by atoms with Crippen LogP contribution in [0.25, 0.3) is 22.2 Å². The Morgan fingerprint density at radius 3 is 2.63 bits per heavy atom. The number of rotatable bonds is 7. The fourth-order valence-electron chi connectivity index (χ4n) is 5.10. The van der Waals surface area contributed by atoms with Crippen molar-refractivity contribution in [2.45, 2.75) is 32.4 Å². The summed E-state index contributed by atoms with van der Waals surface area (Å²) in [5.74, 6) is -0.290. The number of amides is 1. The van der Waals surface area contributed by atoms with Crippen molar-refractivity contribution in [1.82, 2.24) is 24.6 Å². The van der Waals surface area contributed by atoms with Gasteiger partial charge in [0.15, 0.2) is 0 Å². The monoisotopic (exact) mass is 506 g/mol. The van der Waals surface area contributed by atoms with Gasteiger partial charge in [0.2, 0.25) is 0 Å². The van der Waals surface area contributed by atoms with Gasteiger partial charge in [-0.25, -0.2) is 0 Å². The lowest BCUT2D eigenvalue weighted by Gasteiger charge is -2.26. The number of benzene rings is 2. The molecule has 0 radical (unpaired) electrons. The molecular weight excluding hydrogens is 476 g/mol. The van der Waals surface area contributed by atoms with E-state index in [1.54, 1.807) is 23.1 Å². The standard InChI is InChI=1S/C30H30N6O2/c37-29(24-16-32-36(20-24)19-21-7-3-1-4-8-21)33-25-15-26(30(38)31-17-25)28-14-23-13-22(9-10-27(23)34-28)18-35-11-5-2-6-12-35/h1,3-4,7-10,13-17,20,34H,2,5-6,11-12,18-19H2,(H,31,38)(H,33,37). The normalized spacial score (nSPS) is 14.1. The summed E-state index contributed by atoms with van der Waals surface area (Å²) < 4.78 is 1.73. The van der Waals surface area contributed by atoms with Gasteiger partial charge in [0, 0.05) is 29.8 Å². The molecule has 2 aromatic carbocycles. The van der Waals surface area contributed by atoms with Crippen molar-refractivity contribution < 1.29 is 4.79 Å². The largest absolute Gasteiger partial charge is 0.354 e. The predicted octanol–water partition coefficient (Wildman–Crippen LogP) is 5.01. The second-order valence-corrected chi connectivity index (χ2v) is 9.94. The molecular formula is C30H30N6O2.